The number of nitrogens with zero attached hydrogens (tertiary/aromatic N) is 3. The Kier molecular flexibility index (Phi) is 2.09. The Balaban J connectivity index is 2.28. The molecule has 1 aliphatic rings. The van der Waals surface area contributed by atoms with Crippen LogP contribution < -0.4 is 20.6 Å². The molecule has 5 heteroatoms. The van der Waals surface area contributed by atoms with Crippen LogP contribution in [0.1, 0.15) is 33.1 Å². The van der Waals surface area contributed by atoms with Gasteiger partial charge in [0.25, 0.3) is 11.8 Å². The van der Waals surface area contributed by atoms with Crippen molar-refractivity contribution in [2.45, 2.75) is 38.6 Å². The van der Waals surface area contributed by atoms with Crippen molar-refractivity contribution in [3.63, 3.8) is 0 Å². The van der Waals surface area contributed by atoms with Crippen molar-refractivity contribution in [1.82, 2.24) is 5.27 Å². The number of piperidine rings is 1. The van der Waals surface area contributed by atoms with Gasteiger partial charge < -0.3 is 4.52 Å². The molecule has 14 heavy (non-hydrogen) atoms. The van der Waals surface area contributed by atoms with Crippen LogP contribution in [-0.4, -0.2) is 12.1 Å². The van der Waals surface area contributed by atoms with E-state index in [9.17, 15) is 0 Å². The highest BCUT2D eigenvalue weighted by Crippen LogP contribution is 2.22. The lowest BCUT2D eigenvalue weighted by Crippen LogP contribution is -2.70. The Labute approximate surface area is 82.8 Å². The topological polar surface area (TPSA) is 58.2 Å². The summed E-state index contributed by atoms with van der Waals surface area (Å²) in [6.07, 6.45) is 5.19. The highest BCUT2D eigenvalue weighted by Gasteiger charge is 2.30. The molecule has 0 radical (unpaired) electrons. The van der Waals surface area contributed by atoms with Crippen LogP contribution in [0.15, 0.2) is 10.7 Å². The summed E-state index contributed by atoms with van der Waals surface area (Å²) in [7, 11) is 0. The molecule has 0 amide bonds. The summed E-state index contributed by atoms with van der Waals surface area (Å²) in [6.45, 7) is 5.36. The minimum Gasteiger partial charge on any atom is -0.380 e. The molecule has 78 valence electrons. The number of rotatable bonds is 1. The lowest BCUT2D eigenvalue weighted by Gasteiger charge is -2.42. The Morgan fingerprint density at radius 1 is 1.57 bits per heavy atom. The van der Waals surface area contributed by atoms with E-state index in [-0.39, 0.29) is 11.1 Å². The maximum absolute atomic E-state index is 7.29. The van der Waals surface area contributed by atoms with Gasteiger partial charge in [0.15, 0.2) is 0 Å². The molecular formula is C9H16N4O. The normalized spacial score (nSPS) is 21.1. The fourth-order valence-electron chi connectivity index (χ4n) is 1.98. The SMILES string of the molecule is CC1(C)CCCCN1[n+]1cc(=N)o[n-]1. The second-order valence-corrected chi connectivity index (χ2v) is 4.38. The van der Waals surface area contributed by atoms with Gasteiger partial charge in [-0.25, -0.2) is 0 Å². The second kappa shape index (κ2) is 3.15. The van der Waals surface area contributed by atoms with Gasteiger partial charge in [-0.1, -0.05) is 25.1 Å². The first-order valence-corrected chi connectivity index (χ1v) is 4.98. The molecule has 1 aliphatic heterocycles. The monoisotopic (exact) mass is 196 g/mol. The maximum Gasteiger partial charge on any atom is 0.286 e. The predicted molar refractivity (Wildman–Crippen MR) is 49.1 cm³/mol. The third-order valence-electron chi connectivity index (χ3n) is 2.81. The molecule has 0 aliphatic carbocycles. The van der Waals surface area contributed by atoms with Gasteiger partial charge in [0.2, 0.25) is 0 Å². The first-order chi connectivity index (χ1) is 6.59. The summed E-state index contributed by atoms with van der Waals surface area (Å²) < 4.78 is 4.75. The van der Waals surface area contributed by atoms with Gasteiger partial charge in [-0.2, -0.15) is 0 Å². The maximum atomic E-state index is 7.29. The molecule has 0 spiro atoms. The fourth-order valence-corrected chi connectivity index (χ4v) is 1.98. The van der Waals surface area contributed by atoms with Crippen molar-refractivity contribution in [2.24, 2.45) is 0 Å². The summed E-state index contributed by atoms with van der Waals surface area (Å²) in [4.78, 5) is 1.65. The molecule has 0 bridgehead atoms. The van der Waals surface area contributed by atoms with Crippen LogP contribution in [-0.2, 0) is 0 Å². The molecule has 5 nitrogen and oxygen atoms in total. The first-order valence-electron chi connectivity index (χ1n) is 4.98. The van der Waals surface area contributed by atoms with Crippen LogP contribution in [0.2, 0.25) is 0 Å². The van der Waals surface area contributed by atoms with E-state index in [1.165, 1.54) is 12.8 Å². The molecule has 2 rings (SSSR count). The van der Waals surface area contributed by atoms with E-state index in [0.29, 0.717) is 0 Å². The molecule has 1 fully saturated rings. The van der Waals surface area contributed by atoms with Crippen LogP contribution >= 0.6 is 0 Å². The smallest absolute Gasteiger partial charge is 0.286 e. The average molecular weight is 196 g/mol. The Morgan fingerprint density at radius 3 is 2.93 bits per heavy atom. The zero-order valence-corrected chi connectivity index (χ0v) is 8.66. The number of hydrogen-bond donors (Lipinski definition) is 1. The molecular weight excluding hydrogens is 180 g/mol. The molecule has 1 aromatic rings. The minimum absolute atomic E-state index is 0.103. The lowest BCUT2D eigenvalue weighted by atomic mass is 9.92. The highest BCUT2D eigenvalue weighted by atomic mass is 16.5. The fraction of sp³-hybridized carbons (Fsp3) is 0.778. The van der Waals surface area contributed by atoms with Gasteiger partial charge in [-0.05, 0) is 18.1 Å². The largest absolute Gasteiger partial charge is 0.380 e. The van der Waals surface area contributed by atoms with E-state index in [1.54, 1.807) is 11.0 Å². The van der Waals surface area contributed by atoms with Crippen molar-refractivity contribution >= 4 is 0 Å². The number of hydrogen-bond acceptors (Lipinski definition) is 3. The van der Waals surface area contributed by atoms with E-state index in [1.807, 2.05) is 0 Å². The zero-order valence-electron chi connectivity index (χ0n) is 8.66. The molecule has 0 saturated carbocycles. The summed E-state index contributed by atoms with van der Waals surface area (Å²) >= 11 is 0. The van der Waals surface area contributed by atoms with Crippen molar-refractivity contribution in [2.75, 3.05) is 11.6 Å². The van der Waals surface area contributed by atoms with E-state index < -0.39 is 0 Å². The molecule has 1 aromatic heterocycles. The van der Waals surface area contributed by atoms with Crippen molar-refractivity contribution in [1.29, 1.82) is 5.41 Å². The van der Waals surface area contributed by atoms with Gasteiger partial charge in [-0.15, -0.1) is 0 Å². The second-order valence-electron chi connectivity index (χ2n) is 4.38. The van der Waals surface area contributed by atoms with Gasteiger partial charge in [0.05, 0.1) is 0 Å². The van der Waals surface area contributed by atoms with E-state index in [0.717, 1.165) is 13.0 Å². The number of aromatic nitrogens is 2. The van der Waals surface area contributed by atoms with Gasteiger partial charge in [0.1, 0.15) is 0 Å². The summed E-state index contributed by atoms with van der Waals surface area (Å²) in [5, 5.41) is 13.3. The van der Waals surface area contributed by atoms with E-state index in [2.05, 4.69) is 24.1 Å². The lowest BCUT2D eigenvalue weighted by molar-refractivity contribution is -0.771. The van der Waals surface area contributed by atoms with Crippen LogP contribution in [0.4, 0.5) is 0 Å². The van der Waals surface area contributed by atoms with Crippen molar-refractivity contribution in [3.05, 3.63) is 11.8 Å². The third-order valence-corrected chi connectivity index (χ3v) is 2.81. The average Bonchev–Trinajstić information content (AvgIpc) is 2.51. The van der Waals surface area contributed by atoms with Gasteiger partial charge in [-0.3, -0.25) is 10.4 Å². The first kappa shape index (κ1) is 9.30. The molecule has 0 unspecified atom stereocenters. The van der Waals surface area contributed by atoms with Crippen molar-refractivity contribution in [3.8, 4) is 0 Å². The van der Waals surface area contributed by atoms with Crippen LogP contribution in [0.25, 0.3) is 0 Å². The van der Waals surface area contributed by atoms with E-state index in [4.69, 9.17) is 9.93 Å². The summed E-state index contributed by atoms with van der Waals surface area (Å²) in [5.41, 5.74) is 0.207. The Hall–Kier alpha value is -1.26. The van der Waals surface area contributed by atoms with Crippen LogP contribution in [0, 0.1) is 5.41 Å². The minimum atomic E-state index is 0.103. The summed E-state index contributed by atoms with van der Waals surface area (Å²) in [5.74, 6) is 0. The van der Waals surface area contributed by atoms with Crippen LogP contribution in [0.3, 0.4) is 0 Å². The zero-order chi connectivity index (χ0) is 10.2. The molecule has 0 atom stereocenters. The standard InChI is InChI=1S/C9H16N4O/c1-9(2)5-3-4-6-12(9)13-7-8(10)14-11-13/h7,10H,3-6H2,1-2H3. The molecule has 0 aromatic carbocycles. The Morgan fingerprint density at radius 2 is 2.36 bits per heavy atom. The third kappa shape index (κ3) is 1.54. The molecule has 2 heterocycles. The number of nitrogens with one attached hydrogen (secondary N) is 1. The van der Waals surface area contributed by atoms with Gasteiger partial charge in [0, 0.05) is 12.1 Å². The molecule has 1 N–H and O–H groups in total. The predicted octanol–water partition coefficient (Wildman–Crippen LogP) is -0.0957. The summed E-state index contributed by atoms with van der Waals surface area (Å²) in [6, 6.07) is 0. The van der Waals surface area contributed by atoms with Gasteiger partial charge >= 0.3 is 0 Å². The molecule has 1 saturated heterocycles. The van der Waals surface area contributed by atoms with Crippen molar-refractivity contribution < 1.29 is 9.31 Å². The van der Waals surface area contributed by atoms with E-state index >= 15 is 0 Å². The quantitative estimate of drug-likeness (QED) is 0.638. The highest BCUT2D eigenvalue weighted by molar-refractivity contribution is 4.95. The Bertz CT molecular complexity index is 365. The van der Waals surface area contributed by atoms with Crippen LogP contribution in [0.5, 0.6) is 0 Å².